The predicted octanol–water partition coefficient (Wildman–Crippen LogP) is 1.20. The van der Waals surface area contributed by atoms with Crippen molar-refractivity contribution in [2.75, 3.05) is 20.2 Å². The number of nitrogens with two attached hydrogens (primary N) is 1. The number of hydrogen-bond donors (Lipinski definition) is 2. The van der Waals surface area contributed by atoms with Gasteiger partial charge in [0.1, 0.15) is 6.54 Å². The summed E-state index contributed by atoms with van der Waals surface area (Å²) in [6.45, 7) is 1.30. The summed E-state index contributed by atoms with van der Waals surface area (Å²) in [4.78, 5) is 22.3. The fourth-order valence-electron chi connectivity index (χ4n) is 3.95. The predicted molar refractivity (Wildman–Crippen MR) is 107 cm³/mol. The van der Waals surface area contributed by atoms with Crippen molar-refractivity contribution in [2.24, 2.45) is 17.6 Å². The van der Waals surface area contributed by atoms with Gasteiger partial charge in [-0.25, -0.2) is 4.68 Å². The van der Waals surface area contributed by atoms with Crippen molar-refractivity contribution in [1.82, 2.24) is 25.5 Å². The van der Waals surface area contributed by atoms with Gasteiger partial charge in [-0.05, 0) is 60.2 Å². The lowest BCUT2D eigenvalue weighted by atomic mass is 9.81. The summed E-state index contributed by atoms with van der Waals surface area (Å²) in [5.74, 6) is 0.982. The van der Waals surface area contributed by atoms with Crippen molar-refractivity contribution in [2.45, 2.75) is 38.3 Å². The number of nitro groups is 1. The Kier molecular flexibility index (Phi) is 7.41. The van der Waals surface area contributed by atoms with Crippen LogP contribution in [0.25, 0.3) is 0 Å². The quantitative estimate of drug-likeness (QED) is 0.348. The smallest absolute Gasteiger partial charge is 0.327 e. The molecule has 11 heteroatoms. The molecule has 1 aromatic carbocycles. The molecule has 0 amide bonds. The minimum atomic E-state index is -0.468. The second-order valence-electron chi connectivity index (χ2n) is 7.60. The highest BCUT2D eigenvalue weighted by Gasteiger charge is 2.26. The van der Waals surface area contributed by atoms with Crippen molar-refractivity contribution in [1.29, 1.82) is 0 Å². The summed E-state index contributed by atoms with van der Waals surface area (Å²) in [6.07, 6.45) is 4.49. The van der Waals surface area contributed by atoms with Gasteiger partial charge in [-0.3, -0.25) is 14.9 Å². The number of benzene rings is 1. The van der Waals surface area contributed by atoms with E-state index in [4.69, 9.17) is 10.5 Å². The van der Waals surface area contributed by atoms with Crippen LogP contribution in [0.1, 0.15) is 43.1 Å². The molecule has 3 N–H and O–H groups in total. The van der Waals surface area contributed by atoms with Crippen molar-refractivity contribution in [3.8, 4) is 0 Å². The fraction of sp³-hybridized carbons (Fsp3) is 0.579. The zero-order valence-electron chi connectivity index (χ0n) is 16.9. The third-order valence-electron chi connectivity index (χ3n) is 5.60. The molecule has 1 aliphatic rings. The molecule has 1 heterocycles. The Hall–Kier alpha value is -2.92. The van der Waals surface area contributed by atoms with Crippen LogP contribution in [0.15, 0.2) is 24.3 Å². The lowest BCUT2D eigenvalue weighted by Crippen LogP contribution is -2.34. The number of carbonyl (C=O) groups is 1. The van der Waals surface area contributed by atoms with Gasteiger partial charge in [-0.1, -0.05) is 18.6 Å². The third-order valence-corrected chi connectivity index (χ3v) is 5.60. The van der Waals surface area contributed by atoms with Crippen LogP contribution in [0, 0.1) is 22.0 Å². The number of aromatic nitrogens is 4. The summed E-state index contributed by atoms with van der Waals surface area (Å²) >= 11 is 0. The highest BCUT2D eigenvalue weighted by atomic mass is 16.6. The number of carbonyl (C=O) groups excluding carboxylic acids is 1. The van der Waals surface area contributed by atoms with E-state index in [-0.39, 0.29) is 12.2 Å². The van der Waals surface area contributed by atoms with Crippen LogP contribution in [0.2, 0.25) is 0 Å². The molecule has 11 nitrogen and oxygen atoms in total. The van der Waals surface area contributed by atoms with E-state index in [0.717, 1.165) is 37.8 Å². The Balaban J connectivity index is 1.83. The Labute approximate surface area is 174 Å². The van der Waals surface area contributed by atoms with E-state index in [1.54, 1.807) is 12.1 Å². The Bertz CT molecular complexity index is 855. The maximum atomic E-state index is 11.7. The lowest BCUT2D eigenvalue weighted by Gasteiger charge is -2.30. The molecule has 1 aliphatic carbocycles. The fourth-order valence-corrected chi connectivity index (χ4v) is 3.95. The van der Waals surface area contributed by atoms with E-state index in [2.05, 4.69) is 20.8 Å². The minimum Gasteiger partial charge on any atom is -0.468 e. The van der Waals surface area contributed by atoms with Crippen LogP contribution >= 0.6 is 0 Å². The number of nitrogens with zero attached hydrogens (tertiary/aromatic N) is 5. The average molecular weight is 417 g/mol. The molecule has 0 saturated heterocycles. The first-order chi connectivity index (χ1) is 14.5. The van der Waals surface area contributed by atoms with Gasteiger partial charge in [0.05, 0.1) is 18.1 Å². The maximum absolute atomic E-state index is 11.7. The second-order valence-corrected chi connectivity index (χ2v) is 7.60. The summed E-state index contributed by atoms with van der Waals surface area (Å²) < 4.78 is 6.11. The van der Waals surface area contributed by atoms with Crippen LogP contribution < -0.4 is 11.1 Å². The topological polar surface area (TPSA) is 151 Å². The number of esters is 1. The van der Waals surface area contributed by atoms with Gasteiger partial charge in [0.25, 0.3) is 5.69 Å². The van der Waals surface area contributed by atoms with Gasteiger partial charge in [-0.15, -0.1) is 5.10 Å². The Morgan fingerprint density at radius 1 is 1.37 bits per heavy atom. The number of ether oxygens (including phenoxy) is 1. The molecule has 162 valence electrons. The first-order valence-corrected chi connectivity index (χ1v) is 10.0. The number of tetrazole rings is 1. The Morgan fingerprint density at radius 2 is 2.10 bits per heavy atom. The SMILES string of the molecule is COC(=O)Cn1nnnc1C(NCC1CCCC(CN)C1)c1ccc([N+](=O)[O-])cc1. The zero-order chi connectivity index (χ0) is 21.5. The van der Waals surface area contributed by atoms with Crippen molar-refractivity contribution >= 4 is 11.7 Å². The third kappa shape index (κ3) is 5.36. The first kappa shape index (κ1) is 21.8. The average Bonchev–Trinajstić information content (AvgIpc) is 3.22. The van der Waals surface area contributed by atoms with E-state index in [1.807, 2.05) is 0 Å². The summed E-state index contributed by atoms with van der Waals surface area (Å²) in [7, 11) is 1.30. The zero-order valence-corrected chi connectivity index (χ0v) is 16.9. The Morgan fingerprint density at radius 3 is 2.77 bits per heavy atom. The maximum Gasteiger partial charge on any atom is 0.327 e. The van der Waals surface area contributed by atoms with Gasteiger partial charge >= 0.3 is 5.97 Å². The molecule has 0 spiro atoms. The second kappa shape index (κ2) is 10.2. The highest BCUT2D eigenvalue weighted by molar-refractivity contribution is 5.68. The molecule has 1 saturated carbocycles. The number of nitrogens with one attached hydrogen (secondary N) is 1. The van der Waals surface area contributed by atoms with E-state index in [0.29, 0.717) is 24.2 Å². The molecular weight excluding hydrogens is 390 g/mol. The van der Waals surface area contributed by atoms with Gasteiger partial charge in [0, 0.05) is 12.1 Å². The number of rotatable bonds is 9. The molecule has 3 unspecified atom stereocenters. The molecule has 2 aromatic rings. The standard InChI is InChI=1S/C19H27N7O4/c1-30-17(27)12-25-19(22-23-24-25)18(15-5-7-16(8-6-15)26(28)29)21-11-14-4-2-3-13(9-14)10-20/h5-8,13-14,18,21H,2-4,9-12,20H2,1H3. The molecule has 0 bridgehead atoms. The van der Waals surface area contributed by atoms with Crippen molar-refractivity contribution in [3.63, 3.8) is 0 Å². The largest absolute Gasteiger partial charge is 0.468 e. The van der Waals surface area contributed by atoms with E-state index in [9.17, 15) is 14.9 Å². The van der Waals surface area contributed by atoms with Crippen LogP contribution in [0.3, 0.4) is 0 Å². The molecule has 1 fully saturated rings. The van der Waals surface area contributed by atoms with Gasteiger partial charge in [0.2, 0.25) is 0 Å². The molecule has 0 radical (unpaired) electrons. The molecule has 3 atom stereocenters. The van der Waals surface area contributed by atoms with Gasteiger partial charge < -0.3 is 15.8 Å². The molecule has 30 heavy (non-hydrogen) atoms. The summed E-state index contributed by atoms with van der Waals surface area (Å²) in [5, 5.41) is 26.2. The normalized spacial score (nSPS) is 19.9. The van der Waals surface area contributed by atoms with Crippen LogP contribution in [0.4, 0.5) is 5.69 Å². The molecule has 0 aliphatic heterocycles. The van der Waals surface area contributed by atoms with E-state index in [1.165, 1.54) is 23.9 Å². The molecule has 3 rings (SSSR count). The van der Waals surface area contributed by atoms with Gasteiger partial charge in [0.15, 0.2) is 5.82 Å². The van der Waals surface area contributed by atoms with Crippen molar-refractivity contribution in [3.05, 3.63) is 45.8 Å². The molecule has 1 aromatic heterocycles. The number of non-ortho nitro benzene ring substituents is 1. The molecular formula is C19H27N7O4. The monoisotopic (exact) mass is 417 g/mol. The van der Waals surface area contributed by atoms with Crippen molar-refractivity contribution < 1.29 is 14.5 Å². The lowest BCUT2D eigenvalue weighted by molar-refractivity contribution is -0.384. The summed E-state index contributed by atoms with van der Waals surface area (Å²) in [5.41, 5.74) is 6.63. The number of hydrogen-bond acceptors (Lipinski definition) is 9. The van der Waals surface area contributed by atoms with Crippen LogP contribution in [0.5, 0.6) is 0 Å². The number of nitro benzene ring substituents is 1. The van der Waals surface area contributed by atoms with Crippen LogP contribution in [-0.2, 0) is 16.1 Å². The van der Waals surface area contributed by atoms with E-state index >= 15 is 0 Å². The highest BCUT2D eigenvalue weighted by Crippen LogP contribution is 2.29. The minimum absolute atomic E-state index is 0.00437. The van der Waals surface area contributed by atoms with Crippen LogP contribution in [-0.4, -0.2) is 51.3 Å². The number of methoxy groups -OCH3 is 1. The van der Waals surface area contributed by atoms with E-state index < -0.39 is 16.9 Å². The first-order valence-electron chi connectivity index (χ1n) is 10.0. The summed E-state index contributed by atoms with van der Waals surface area (Å²) in [6, 6.07) is 5.82. The van der Waals surface area contributed by atoms with Gasteiger partial charge in [-0.2, -0.15) is 0 Å².